The van der Waals surface area contributed by atoms with Gasteiger partial charge in [-0.3, -0.25) is 0 Å². The van der Waals surface area contributed by atoms with Gasteiger partial charge >= 0.3 is 6.18 Å². The number of piperidine rings is 1. The van der Waals surface area contributed by atoms with Crippen LogP contribution < -0.4 is 10.2 Å². The van der Waals surface area contributed by atoms with Gasteiger partial charge in [0.15, 0.2) is 0 Å². The molecule has 1 saturated heterocycles. The van der Waals surface area contributed by atoms with Crippen LogP contribution in [0, 0.1) is 11.3 Å². The highest BCUT2D eigenvalue weighted by atomic mass is 35.5. The summed E-state index contributed by atoms with van der Waals surface area (Å²) in [6.45, 7) is 1.34. The number of benzene rings is 1. The van der Waals surface area contributed by atoms with Gasteiger partial charge in [-0.25, -0.2) is 4.98 Å². The van der Waals surface area contributed by atoms with E-state index >= 15 is 0 Å². The first-order chi connectivity index (χ1) is 12.4. The maximum absolute atomic E-state index is 12.6. The molecule has 0 atom stereocenters. The third kappa shape index (κ3) is 4.20. The molecule has 0 unspecified atom stereocenters. The number of anilines is 2. The van der Waals surface area contributed by atoms with Crippen LogP contribution >= 0.6 is 11.6 Å². The van der Waals surface area contributed by atoms with Crippen molar-refractivity contribution in [2.75, 3.05) is 23.3 Å². The standard InChI is InChI=1S/C18H16ClF3N4/c19-14-2-3-16(12(9-14)10-23)25-15-5-7-26(8-6-15)17-4-1-13(11-24-17)18(20,21)22/h1-4,9,11,15,25H,5-8H2. The van der Waals surface area contributed by atoms with Gasteiger partial charge in [0.2, 0.25) is 0 Å². The Bertz CT molecular complexity index is 807. The predicted octanol–water partition coefficient (Wildman–Crippen LogP) is 4.71. The second-order valence-corrected chi connectivity index (χ2v) is 6.55. The Kier molecular flexibility index (Phi) is 5.23. The zero-order valence-electron chi connectivity index (χ0n) is 13.7. The SMILES string of the molecule is N#Cc1cc(Cl)ccc1NC1CCN(c2ccc(C(F)(F)F)cn2)CC1. The maximum atomic E-state index is 12.6. The van der Waals surface area contributed by atoms with Gasteiger partial charge < -0.3 is 10.2 Å². The molecule has 1 aromatic carbocycles. The molecule has 136 valence electrons. The van der Waals surface area contributed by atoms with Crippen molar-refractivity contribution in [2.24, 2.45) is 0 Å². The fourth-order valence-electron chi connectivity index (χ4n) is 2.95. The van der Waals surface area contributed by atoms with Crippen molar-refractivity contribution in [3.63, 3.8) is 0 Å². The summed E-state index contributed by atoms with van der Waals surface area (Å²) in [7, 11) is 0. The Morgan fingerprint density at radius 2 is 1.92 bits per heavy atom. The lowest BCUT2D eigenvalue weighted by atomic mass is 10.0. The quantitative estimate of drug-likeness (QED) is 0.838. The number of hydrogen-bond donors (Lipinski definition) is 1. The normalized spacial score (nSPS) is 15.6. The lowest BCUT2D eigenvalue weighted by Crippen LogP contribution is -2.39. The Balaban J connectivity index is 1.60. The van der Waals surface area contributed by atoms with Crippen LogP contribution in [0.4, 0.5) is 24.7 Å². The van der Waals surface area contributed by atoms with Crippen molar-refractivity contribution in [3.05, 3.63) is 52.7 Å². The second-order valence-electron chi connectivity index (χ2n) is 6.11. The minimum absolute atomic E-state index is 0.175. The van der Waals surface area contributed by atoms with Gasteiger partial charge in [0.05, 0.1) is 16.8 Å². The average molecular weight is 381 g/mol. The third-order valence-corrected chi connectivity index (χ3v) is 4.59. The molecular weight excluding hydrogens is 365 g/mol. The van der Waals surface area contributed by atoms with Crippen LogP contribution in [0.2, 0.25) is 5.02 Å². The molecular formula is C18H16ClF3N4. The van der Waals surface area contributed by atoms with Crippen molar-refractivity contribution in [3.8, 4) is 6.07 Å². The molecule has 0 radical (unpaired) electrons. The molecule has 0 bridgehead atoms. The first kappa shape index (κ1) is 18.3. The van der Waals surface area contributed by atoms with Crippen LogP contribution in [0.15, 0.2) is 36.5 Å². The van der Waals surface area contributed by atoms with Crippen molar-refractivity contribution < 1.29 is 13.2 Å². The summed E-state index contributed by atoms with van der Waals surface area (Å²) in [5, 5.41) is 13.1. The molecule has 4 nitrogen and oxygen atoms in total. The van der Waals surface area contributed by atoms with Crippen LogP contribution in [0.25, 0.3) is 0 Å². The number of pyridine rings is 1. The number of nitrogens with zero attached hydrogens (tertiary/aromatic N) is 3. The minimum Gasteiger partial charge on any atom is -0.381 e. The van der Waals surface area contributed by atoms with Gasteiger partial charge in [0, 0.05) is 30.4 Å². The van der Waals surface area contributed by atoms with Crippen molar-refractivity contribution in [2.45, 2.75) is 25.1 Å². The van der Waals surface area contributed by atoms with Gasteiger partial charge in [-0.1, -0.05) is 11.6 Å². The number of nitriles is 1. The summed E-state index contributed by atoms with van der Waals surface area (Å²) >= 11 is 5.90. The highest BCUT2D eigenvalue weighted by molar-refractivity contribution is 6.30. The fraction of sp³-hybridized carbons (Fsp3) is 0.333. The summed E-state index contributed by atoms with van der Waals surface area (Å²) in [5.74, 6) is 0.542. The number of alkyl halides is 3. The molecule has 0 amide bonds. The minimum atomic E-state index is -4.38. The van der Waals surface area contributed by atoms with Crippen molar-refractivity contribution in [1.29, 1.82) is 5.26 Å². The van der Waals surface area contributed by atoms with E-state index in [4.69, 9.17) is 11.6 Å². The molecule has 1 aliphatic rings. The average Bonchev–Trinajstić information content (AvgIpc) is 2.63. The molecule has 2 aromatic rings. The van der Waals surface area contributed by atoms with Gasteiger partial charge in [-0.05, 0) is 43.2 Å². The van der Waals surface area contributed by atoms with Crippen molar-refractivity contribution >= 4 is 23.1 Å². The van der Waals surface area contributed by atoms with Crippen LogP contribution in [0.5, 0.6) is 0 Å². The fourth-order valence-corrected chi connectivity index (χ4v) is 3.12. The van der Waals surface area contributed by atoms with E-state index in [1.165, 1.54) is 6.07 Å². The summed E-state index contributed by atoms with van der Waals surface area (Å²) < 4.78 is 37.8. The molecule has 0 saturated carbocycles. The first-order valence-electron chi connectivity index (χ1n) is 8.11. The molecule has 1 aliphatic heterocycles. The summed E-state index contributed by atoms with van der Waals surface area (Å²) in [6, 6.07) is 9.88. The highest BCUT2D eigenvalue weighted by Gasteiger charge is 2.31. The van der Waals surface area contributed by atoms with Crippen LogP contribution in [-0.2, 0) is 6.18 Å². The zero-order valence-corrected chi connectivity index (χ0v) is 14.5. The highest BCUT2D eigenvalue weighted by Crippen LogP contribution is 2.30. The van der Waals surface area contributed by atoms with E-state index in [2.05, 4.69) is 16.4 Å². The number of hydrogen-bond acceptors (Lipinski definition) is 4. The lowest BCUT2D eigenvalue weighted by Gasteiger charge is -2.33. The third-order valence-electron chi connectivity index (χ3n) is 4.36. The number of nitrogens with one attached hydrogen (secondary N) is 1. The summed E-state index contributed by atoms with van der Waals surface area (Å²) in [6.07, 6.45) is -1.93. The number of rotatable bonds is 3. The number of halogens is 4. The largest absolute Gasteiger partial charge is 0.417 e. The monoisotopic (exact) mass is 380 g/mol. The first-order valence-corrected chi connectivity index (χ1v) is 8.49. The molecule has 2 heterocycles. The smallest absolute Gasteiger partial charge is 0.381 e. The van der Waals surface area contributed by atoms with Gasteiger partial charge in [-0.2, -0.15) is 18.4 Å². The zero-order chi connectivity index (χ0) is 18.7. The summed E-state index contributed by atoms with van der Waals surface area (Å²) in [5.41, 5.74) is 0.483. The molecule has 0 spiro atoms. The molecule has 1 fully saturated rings. The van der Waals surface area contributed by atoms with Gasteiger partial charge in [-0.15, -0.1) is 0 Å². The van der Waals surface area contributed by atoms with E-state index in [1.54, 1.807) is 18.2 Å². The molecule has 0 aliphatic carbocycles. The van der Waals surface area contributed by atoms with E-state index in [0.717, 1.165) is 30.8 Å². The topological polar surface area (TPSA) is 52.0 Å². The van der Waals surface area contributed by atoms with E-state index < -0.39 is 11.7 Å². The molecule has 3 rings (SSSR count). The predicted molar refractivity (Wildman–Crippen MR) is 94.3 cm³/mol. The molecule has 8 heteroatoms. The number of aromatic nitrogens is 1. The van der Waals surface area contributed by atoms with E-state index in [-0.39, 0.29) is 6.04 Å². The Morgan fingerprint density at radius 3 is 2.50 bits per heavy atom. The van der Waals surface area contributed by atoms with Gasteiger partial charge in [0.25, 0.3) is 0 Å². The maximum Gasteiger partial charge on any atom is 0.417 e. The second kappa shape index (κ2) is 7.42. The Labute approximate surface area is 154 Å². The molecule has 26 heavy (non-hydrogen) atoms. The van der Waals surface area contributed by atoms with Crippen LogP contribution in [-0.4, -0.2) is 24.1 Å². The molecule has 1 N–H and O–H groups in total. The van der Waals surface area contributed by atoms with Crippen molar-refractivity contribution in [1.82, 2.24) is 4.98 Å². The molecule has 1 aromatic heterocycles. The van der Waals surface area contributed by atoms with E-state index in [1.807, 2.05) is 4.90 Å². The van der Waals surface area contributed by atoms with Gasteiger partial charge in [0.1, 0.15) is 11.9 Å². The lowest BCUT2D eigenvalue weighted by molar-refractivity contribution is -0.137. The van der Waals surface area contributed by atoms with E-state index in [0.29, 0.717) is 29.5 Å². The Hall–Kier alpha value is -2.46. The van der Waals surface area contributed by atoms with E-state index in [9.17, 15) is 18.4 Å². The van der Waals surface area contributed by atoms with Crippen LogP contribution in [0.3, 0.4) is 0 Å². The van der Waals surface area contributed by atoms with Crippen LogP contribution in [0.1, 0.15) is 24.0 Å². The summed E-state index contributed by atoms with van der Waals surface area (Å²) in [4.78, 5) is 5.91. The Morgan fingerprint density at radius 1 is 1.19 bits per heavy atom.